The molecule has 0 spiro atoms. The summed E-state index contributed by atoms with van der Waals surface area (Å²) in [6, 6.07) is 0.0766. The minimum Gasteiger partial charge on any atom is -0.382 e. The average molecular weight is 328 g/mol. The van der Waals surface area contributed by atoms with Gasteiger partial charge in [-0.3, -0.25) is 4.79 Å². The van der Waals surface area contributed by atoms with Gasteiger partial charge in [-0.1, -0.05) is 13.3 Å². The zero-order valence-electron chi connectivity index (χ0n) is 11.9. The number of rotatable bonds is 6. The highest BCUT2D eigenvalue weighted by Gasteiger charge is 2.41. The second-order valence-electron chi connectivity index (χ2n) is 5.82. The van der Waals surface area contributed by atoms with Gasteiger partial charge in [-0.05, 0) is 54.5 Å². The first-order valence-electron chi connectivity index (χ1n) is 7.00. The van der Waals surface area contributed by atoms with Crippen LogP contribution in [0, 0.1) is 5.41 Å². The zero-order valence-corrected chi connectivity index (χ0v) is 13.5. The summed E-state index contributed by atoms with van der Waals surface area (Å²) >= 11 is 3.39. The van der Waals surface area contributed by atoms with Crippen molar-refractivity contribution in [3.8, 4) is 0 Å². The standard InChI is InChI=1S/C14H22BrN3O/c1-4-5-14(6-7-14)9-16-11-8-17-18(10(2)3)13(19)12(11)15/h8,10,16H,4-7,9H2,1-3H3. The Labute approximate surface area is 122 Å². The van der Waals surface area contributed by atoms with Gasteiger partial charge in [0.25, 0.3) is 5.56 Å². The summed E-state index contributed by atoms with van der Waals surface area (Å²) in [5.41, 5.74) is 1.20. The zero-order chi connectivity index (χ0) is 14.0. The first-order chi connectivity index (χ1) is 8.99. The Hall–Kier alpha value is -0.840. The summed E-state index contributed by atoms with van der Waals surface area (Å²) in [6.45, 7) is 7.07. The molecule has 0 unspecified atom stereocenters. The molecule has 1 aliphatic rings. The van der Waals surface area contributed by atoms with Gasteiger partial charge in [0.2, 0.25) is 0 Å². The minimum absolute atomic E-state index is 0.0691. The molecule has 0 aliphatic heterocycles. The molecule has 0 radical (unpaired) electrons. The summed E-state index contributed by atoms with van der Waals surface area (Å²) in [7, 11) is 0. The predicted molar refractivity (Wildman–Crippen MR) is 81.6 cm³/mol. The van der Waals surface area contributed by atoms with Gasteiger partial charge in [-0.2, -0.15) is 5.10 Å². The normalized spacial score (nSPS) is 16.7. The van der Waals surface area contributed by atoms with Crippen molar-refractivity contribution in [1.82, 2.24) is 9.78 Å². The number of hydrogen-bond donors (Lipinski definition) is 1. The fourth-order valence-electron chi connectivity index (χ4n) is 2.44. The first-order valence-corrected chi connectivity index (χ1v) is 7.79. The minimum atomic E-state index is -0.0691. The molecular weight excluding hydrogens is 306 g/mol. The van der Waals surface area contributed by atoms with Crippen LogP contribution in [0.15, 0.2) is 15.5 Å². The van der Waals surface area contributed by atoms with Crippen molar-refractivity contribution < 1.29 is 0 Å². The second-order valence-corrected chi connectivity index (χ2v) is 6.61. The fourth-order valence-corrected chi connectivity index (χ4v) is 2.87. The molecule has 2 rings (SSSR count). The Balaban J connectivity index is 2.10. The van der Waals surface area contributed by atoms with Crippen molar-refractivity contribution in [3.05, 3.63) is 21.0 Å². The molecule has 106 valence electrons. The van der Waals surface area contributed by atoms with E-state index < -0.39 is 0 Å². The van der Waals surface area contributed by atoms with E-state index in [0.29, 0.717) is 9.89 Å². The van der Waals surface area contributed by atoms with Gasteiger partial charge in [-0.25, -0.2) is 4.68 Å². The van der Waals surface area contributed by atoms with Crippen LogP contribution in [0.1, 0.15) is 52.5 Å². The average Bonchev–Trinajstić information content (AvgIpc) is 3.11. The molecule has 1 heterocycles. The van der Waals surface area contributed by atoms with Gasteiger partial charge in [0.15, 0.2) is 0 Å². The van der Waals surface area contributed by atoms with E-state index in [1.54, 1.807) is 6.20 Å². The largest absolute Gasteiger partial charge is 0.382 e. The van der Waals surface area contributed by atoms with Crippen LogP contribution >= 0.6 is 15.9 Å². The van der Waals surface area contributed by atoms with E-state index in [1.165, 1.54) is 30.4 Å². The van der Waals surface area contributed by atoms with Gasteiger partial charge in [-0.15, -0.1) is 0 Å². The molecule has 0 amide bonds. The molecule has 0 bridgehead atoms. The third-order valence-electron chi connectivity index (χ3n) is 3.82. The van der Waals surface area contributed by atoms with Gasteiger partial charge < -0.3 is 5.32 Å². The molecule has 5 heteroatoms. The number of nitrogens with zero attached hydrogens (tertiary/aromatic N) is 2. The molecule has 1 N–H and O–H groups in total. The number of nitrogens with one attached hydrogen (secondary N) is 1. The van der Waals surface area contributed by atoms with Crippen molar-refractivity contribution in [3.63, 3.8) is 0 Å². The maximum Gasteiger partial charge on any atom is 0.283 e. The summed E-state index contributed by atoms with van der Waals surface area (Å²) in [6.07, 6.45) is 6.81. The SMILES string of the molecule is CCCC1(CNc2cnn(C(C)C)c(=O)c2Br)CC1. The smallest absolute Gasteiger partial charge is 0.283 e. The predicted octanol–water partition coefficient (Wildman–Crippen LogP) is 3.58. The lowest BCUT2D eigenvalue weighted by atomic mass is 10.0. The quantitative estimate of drug-likeness (QED) is 0.868. The fraction of sp³-hybridized carbons (Fsp3) is 0.714. The molecule has 1 saturated carbocycles. The van der Waals surface area contributed by atoms with Crippen molar-refractivity contribution >= 4 is 21.6 Å². The van der Waals surface area contributed by atoms with Crippen LogP contribution in [-0.2, 0) is 0 Å². The van der Waals surface area contributed by atoms with Crippen molar-refractivity contribution in [1.29, 1.82) is 0 Å². The maximum absolute atomic E-state index is 12.1. The third-order valence-corrected chi connectivity index (χ3v) is 4.59. The number of hydrogen-bond acceptors (Lipinski definition) is 3. The monoisotopic (exact) mass is 327 g/mol. The molecule has 1 fully saturated rings. The Morgan fingerprint density at radius 2 is 2.21 bits per heavy atom. The topological polar surface area (TPSA) is 46.9 Å². The van der Waals surface area contributed by atoms with Crippen LogP contribution < -0.4 is 10.9 Å². The summed E-state index contributed by atoms with van der Waals surface area (Å²) in [5, 5.41) is 7.60. The number of halogens is 1. The molecule has 0 saturated heterocycles. The third kappa shape index (κ3) is 3.19. The van der Waals surface area contributed by atoms with E-state index in [9.17, 15) is 4.79 Å². The lowest BCUT2D eigenvalue weighted by Crippen LogP contribution is -2.27. The highest BCUT2D eigenvalue weighted by molar-refractivity contribution is 9.10. The Bertz CT molecular complexity index is 506. The van der Waals surface area contributed by atoms with Crippen LogP contribution in [-0.4, -0.2) is 16.3 Å². The van der Waals surface area contributed by atoms with E-state index in [-0.39, 0.29) is 11.6 Å². The van der Waals surface area contributed by atoms with Gasteiger partial charge in [0.05, 0.1) is 17.9 Å². The highest BCUT2D eigenvalue weighted by atomic mass is 79.9. The second kappa shape index (κ2) is 5.65. The van der Waals surface area contributed by atoms with E-state index in [1.807, 2.05) is 13.8 Å². The number of anilines is 1. The van der Waals surface area contributed by atoms with Crippen LogP contribution in [0.4, 0.5) is 5.69 Å². The van der Waals surface area contributed by atoms with Crippen LogP contribution in [0.5, 0.6) is 0 Å². The van der Waals surface area contributed by atoms with Gasteiger partial charge in [0, 0.05) is 6.54 Å². The Morgan fingerprint density at radius 1 is 1.53 bits per heavy atom. The molecule has 1 aliphatic carbocycles. The van der Waals surface area contributed by atoms with Crippen LogP contribution in [0.25, 0.3) is 0 Å². The van der Waals surface area contributed by atoms with Crippen LogP contribution in [0.2, 0.25) is 0 Å². The Morgan fingerprint density at radius 3 is 2.74 bits per heavy atom. The van der Waals surface area contributed by atoms with Crippen LogP contribution in [0.3, 0.4) is 0 Å². The summed E-state index contributed by atoms with van der Waals surface area (Å²) in [4.78, 5) is 12.1. The van der Waals surface area contributed by atoms with Gasteiger partial charge >= 0.3 is 0 Å². The lowest BCUT2D eigenvalue weighted by Gasteiger charge is -2.17. The molecule has 0 aromatic carbocycles. The maximum atomic E-state index is 12.1. The Kier molecular flexibility index (Phi) is 4.33. The van der Waals surface area contributed by atoms with E-state index in [4.69, 9.17) is 0 Å². The summed E-state index contributed by atoms with van der Waals surface area (Å²) in [5.74, 6) is 0. The molecule has 19 heavy (non-hydrogen) atoms. The van der Waals surface area contributed by atoms with E-state index >= 15 is 0 Å². The van der Waals surface area contributed by atoms with Crippen molar-refractivity contribution in [2.24, 2.45) is 5.41 Å². The lowest BCUT2D eigenvalue weighted by molar-refractivity contribution is 0.483. The van der Waals surface area contributed by atoms with Crippen molar-refractivity contribution in [2.45, 2.75) is 52.5 Å². The van der Waals surface area contributed by atoms with E-state index in [2.05, 4.69) is 33.3 Å². The molecule has 1 aromatic rings. The highest BCUT2D eigenvalue weighted by Crippen LogP contribution is 2.49. The first kappa shape index (κ1) is 14.6. The number of aromatic nitrogens is 2. The van der Waals surface area contributed by atoms with Crippen molar-refractivity contribution in [2.75, 3.05) is 11.9 Å². The molecule has 0 atom stereocenters. The van der Waals surface area contributed by atoms with Gasteiger partial charge in [0.1, 0.15) is 4.47 Å². The molecule has 1 aromatic heterocycles. The van der Waals surface area contributed by atoms with E-state index in [0.717, 1.165) is 12.2 Å². The molecular formula is C14H22BrN3O. The molecule has 4 nitrogen and oxygen atoms in total. The summed E-state index contributed by atoms with van der Waals surface area (Å²) < 4.78 is 2.08.